The average molecular weight is 340 g/mol. The van der Waals surface area contributed by atoms with Crippen LogP contribution in [-0.4, -0.2) is 46.5 Å². The Balaban J connectivity index is 2.06. The highest BCUT2D eigenvalue weighted by atomic mass is 35.5. The van der Waals surface area contributed by atoms with Crippen LogP contribution in [0.25, 0.3) is 0 Å². The van der Waals surface area contributed by atoms with Crippen LogP contribution in [-0.2, 0) is 16.6 Å². The van der Waals surface area contributed by atoms with Gasteiger partial charge in [0.1, 0.15) is 18.4 Å². The van der Waals surface area contributed by atoms with Crippen molar-refractivity contribution in [2.45, 2.75) is 32.0 Å². The zero-order valence-electron chi connectivity index (χ0n) is 12.3. The summed E-state index contributed by atoms with van der Waals surface area (Å²) >= 11 is 6.21. The van der Waals surface area contributed by atoms with E-state index in [0.717, 1.165) is 12.0 Å². The van der Waals surface area contributed by atoms with Crippen LogP contribution in [0, 0.1) is 6.92 Å². The van der Waals surface area contributed by atoms with Crippen LogP contribution < -0.4 is 0 Å². The van der Waals surface area contributed by atoms with Gasteiger partial charge in [-0.15, -0.1) is 0 Å². The molecule has 1 aliphatic rings. The highest BCUT2D eigenvalue weighted by molar-refractivity contribution is 6.30. The Kier molecular flexibility index (Phi) is 5.01. The largest absolute Gasteiger partial charge is 0.411 e. The third kappa shape index (κ3) is 3.73. The molecule has 5 nitrogen and oxygen atoms in total. The van der Waals surface area contributed by atoms with Gasteiger partial charge < -0.3 is 9.64 Å². The van der Waals surface area contributed by atoms with E-state index in [1.54, 1.807) is 14.0 Å². The Bertz CT molecular complexity index is 559. The molecule has 0 N–H and O–H groups in total. The topological polar surface area (TPSA) is 47.4 Å². The molecule has 1 aromatic heterocycles. The predicted octanol–water partition coefficient (Wildman–Crippen LogP) is 2.62. The SMILES string of the molecule is Cc1nn(C)c(Cl)c1[C@@H]1CCCN1C(=O)COCC(F)(F)F. The molecule has 2 rings (SSSR count). The number of likely N-dealkylation sites (tertiary alicyclic amines) is 1. The highest BCUT2D eigenvalue weighted by Crippen LogP contribution is 2.37. The summed E-state index contributed by atoms with van der Waals surface area (Å²) < 4.78 is 42.1. The third-order valence-electron chi connectivity index (χ3n) is 3.59. The summed E-state index contributed by atoms with van der Waals surface area (Å²) in [6.07, 6.45) is -2.97. The number of hydrogen-bond acceptors (Lipinski definition) is 3. The van der Waals surface area contributed by atoms with Crippen LogP contribution in [0.3, 0.4) is 0 Å². The molecule has 124 valence electrons. The first-order valence-corrected chi connectivity index (χ1v) is 7.21. The van der Waals surface area contributed by atoms with E-state index >= 15 is 0 Å². The molecule has 1 fully saturated rings. The lowest BCUT2D eigenvalue weighted by molar-refractivity contribution is -0.178. The van der Waals surface area contributed by atoms with Crippen LogP contribution in [0.15, 0.2) is 0 Å². The molecule has 2 heterocycles. The fourth-order valence-electron chi connectivity index (χ4n) is 2.73. The zero-order chi connectivity index (χ0) is 16.5. The molecule has 0 aromatic carbocycles. The molecule has 22 heavy (non-hydrogen) atoms. The Morgan fingerprint density at radius 3 is 2.73 bits per heavy atom. The number of halogens is 4. The molecule has 0 radical (unpaired) electrons. The Morgan fingerprint density at radius 1 is 1.50 bits per heavy atom. The lowest BCUT2D eigenvalue weighted by Gasteiger charge is -2.25. The summed E-state index contributed by atoms with van der Waals surface area (Å²) in [5.74, 6) is -0.467. The maximum absolute atomic E-state index is 12.1. The number of hydrogen-bond donors (Lipinski definition) is 0. The molecule has 1 aliphatic heterocycles. The number of aryl methyl sites for hydroxylation is 2. The van der Waals surface area contributed by atoms with Gasteiger partial charge in [0.2, 0.25) is 5.91 Å². The molecule has 0 saturated carbocycles. The number of amides is 1. The second-order valence-electron chi connectivity index (χ2n) is 5.27. The average Bonchev–Trinajstić information content (AvgIpc) is 2.94. The van der Waals surface area contributed by atoms with Crippen LogP contribution in [0.2, 0.25) is 5.15 Å². The van der Waals surface area contributed by atoms with Crippen molar-refractivity contribution < 1.29 is 22.7 Å². The number of ether oxygens (including phenoxy) is 1. The van der Waals surface area contributed by atoms with Gasteiger partial charge in [0.25, 0.3) is 0 Å². The zero-order valence-corrected chi connectivity index (χ0v) is 13.0. The molecule has 1 atom stereocenters. The number of carbonyl (C=O) groups is 1. The predicted molar refractivity (Wildman–Crippen MR) is 73.5 cm³/mol. The van der Waals surface area contributed by atoms with Crippen LogP contribution in [0.5, 0.6) is 0 Å². The van der Waals surface area contributed by atoms with Gasteiger partial charge in [-0.05, 0) is 19.8 Å². The molecular formula is C13H17ClF3N3O2. The minimum Gasteiger partial charge on any atom is -0.362 e. The van der Waals surface area contributed by atoms with Crippen molar-refractivity contribution in [2.24, 2.45) is 7.05 Å². The normalized spacial score (nSPS) is 19.0. The monoisotopic (exact) mass is 339 g/mol. The molecule has 0 spiro atoms. The van der Waals surface area contributed by atoms with Crippen molar-refractivity contribution in [1.82, 2.24) is 14.7 Å². The van der Waals surface area contributed by atoms with Crippen molar-refractivity contribution in [3.05, 3.63) is 16.4 Å². The van der Waals surface area contributed by atoms with E-state index in [9.17, 15) is 18.0 Å². The van der Waals surface area contributed by atoms with E-state index in [-0.39, 0.29) is 6.04 Å². The minimum absolute atomic E-state index is 0.261. The summed E-state index contributed by atoms with van der Waals surface area (Å²) in [5, 5.41) is 4.65. The fraction of sp³-hybridized carbons (Fsp3) is 0.692. The Labute approximate surface area is 131 Å². The first kappa shape index (κ1) is 17.1. The lowest BCUT2D eigenvalue weighted by Crippen LogP contribution is -2.35. The van der Waals surface area contributed by atoms with Gasteiger partial charge in [-0.25, -0.2) is 0 Å². The van der Waals surface area contributed by atoms with E-state index in [4.69, 9.17) is 11.6 Å². The summed E-state index contributed by atoms with van der Waals surface area (Å²) in [6, 6.07) is -0.261. The summed E-state index contributed by atoms with van der Waals surface area (Å²) in [7, 11) is 1.70. The molecular weight excluding hydrogens is 323 g/mol. The first-order valence-electron chi connectivity index (χ1n) is 6.83. The van der Waals surface area contributed by atoms with Crippen molar-refractivity contribution in [3.8, 4) is 0 Å². The molecule has 1 aromatic rings. The molecule has 9 heteroatoms. The Hall–Kier alpha value is -1.28. The maximum atomic E-state index is 12.1. The number of aromatic nitrogens is 2. The number of rotatable bonds is 4. The van der Waals surface area contributed by atoms with E-state index in [2.05, 4.69) is 9.84 Å². The molecule has 0 aliphatic carbocycles. The van der Waals surface area contributed by atoms with Crippen molar-refractivity contribution in [1.29, 1.82) is 0 Å². The van der Waals surface area contributed by atoms with Gasteiger partial charge in [-0.3, -0.25) is 9.48 Å². The molecule has 0 bridgehead atoms. The summed E-state index contributed by atoms with van der Waals surface area (Å²) in [5.41, 5.74) is 1.47. The van der Waals surface area contributed by atoms with E-state index < -0.39 is 25.3 Å². The van der Waals surface area contributed by atoms with Crippen molar-refractivity contribution in [3.63, 3.8) is 0 Å². The summed E-state index contributed by atoms with van der Waals surface area (Å²) in [6.45, 7) is 0.253. The van der Waals surface area contributed by atoms with Crippen LogP contribution in [0.4, 0.5) is 13.2 Å². The number of alkyl halides is 3. The van der Waals surface area contributed by atoms with Crippen molar-refractivity contribution >= 4 is 17.5 Å². The van der Waals surface area contributed by atoms with Gasteiger partial charge in [-0.1, -0.05) is 11.6 Å². The van der Waals surface area contributed by atoms with E-state index in [0.29, 0.717) is 23.8 Å². The first-order chi connectivity index (χ1) is 10.2. The number of nitrogens with zero attached hydrogens (tertiary/aromatic N) is 3. The molecule has 1 amide bonds. The number of carbonyl (C=O) groups excluding carboxylic acids is 1. The van der Waals surface area contributed by atoms with Crippen LogP contribution in [0.1, 0.15) is 30.1 Å². The minimum atomic E-state index is -4.44. The van der Waals surface area contributed by atoms with E-state index in [1.165, 1.54) is 9.58 Å². The molecule has 1 saturated heterocycles. The van der Waals surface area contributed by atoms with Gasteiger partial charge in [0.15, 0.2) is 0 Å². The van der Waals surface area contributed by atoms with E-state index in [1.807, 2.05) is 0 Å². The quantitative estimate of drug-likeness (QED) is 0.847. The maximum Gasteiger partial charge on any atom is 0.411 e. The van der Waals surface area contributed by atoms with Gasteiger partial charge in [0, 0.05) is 19.2 Å². The second kappa shape index (κ2) is 6.45. The van der Waals surface area contributed by atoms with Gasteiger partial charge >= 0.3 is 6.18 Å². The van der Waals surface area contributed by atoms with Crippen LogP contribution >= 0.6 is 11.6 Å². The standard InChI is InChI=1S/C13H17ClF3N3O2/c1-8-11(12(14)19(2)18-8)9-4-3-5-20(9)10(21)6-22-7-13(15,16)17/h9H,3-7H2,1-2H3/t9-/m0/s1. The molecule has 0 unspecified atom stereocenters. The summed E-state index contributed by atoms with van der Waals surface area (Å²) in [4.78, 5) is 13.6. The van der Waals surface area contributed by atoms with Gasteiger partial charge in [-0.2, -0.15) is 18.3 Å². The smallest absolute Gasteiger partial charge is 0.362 e. The highest BCUT2D eigenvalue weighted by Gasteiger charge is 2.35. The Morgan fingerprint density at radius 2 is 2.18 bits per heavy atom. The third-order valence-corrected chi connectivity index (χ3v) is 4.04. The second-order valence-corrected chi connectivity index (χ2v) is 5.62. The lowest BCUT2D eigenvalue weighted by atomic mass is 10.1. The van der Waals surface area contributed by atoms with Crippen molar-refractivity contribution in [2.75, 3.05) is 19.8 Å². The van der Waals surface area contributed by atoms with Gasteiger partial charge in [0.05, 0.1) is 11.7 Å². The fourth-order valence-corrected chi connectivity index (χ4v) is 3.03.